The quantitative estimate of drug-likeness (QED) is 0.480. The predicted molar refractivity (Wildman–Crippen MR) is 31.0 cm³/mol. The summed E-state index contributed by atoms with van der Waals surface area (Å²) in [4.78, 5) is 0. The highest BCUT2D eigenvalue weighted by Gasteiger charge is 2.05. The van der Waals surface area contributed by atoms with Crippen molar-refractivity contribution in [2.24, 2.45) is 0 Å². The van der Waals surface area contributed by atoms with Crippen molar-refractivity contribution in [3.63, 3.8) is 0 Å². The van der Waals surface area contributed by atoms with E-state index in [4.69, 9.17) is 0 Å². The summed E-state index contributed by atoms with van der Waals surface area (Å²) in [5, 5.41) is 3.21. The van der Waals surface area contributed by atoms with Crippen LogP contribution in [0.2, 0.25) is 0 Å². The van der Waals surface area contributed by atoms with Gasteiger partial charge in [-0.05, 0) is 26.5 Å². The summed E-state index contributed by atoms with van der Waals surface area (Å²) in [6.07, 6.45) is 3.31. The molecule has 0 amide bonds. The van der Waals surface area contributed by atoms with Crippen LogP contribution in [-0.4, -0.2) is 6.04 Å². The number of nitrogens with one attached hydrogen (secondary N) is 1. The number of rotatable bonds is 0. The van der Waals surface area contributed by atoms with E-state index >= 15 is 0 Å². The van der Waals surface area contributed by atoms with Gasteiger partial charge >= 0.3 is 0 Å². The van der Waals surface area contributed by atoms with Crippen molar-refractivity contribution >= 4 is 0 Å². The molecule has 7 heavy (non-hydrogen) atoms. The molecule has 1 aliphatic rings. The summed E-state index contributed by atoms with van der Waals surface area (Å²) in [5.74, 6) is 0. The summed E-state index contributed by atoms with van der Waals surface area (Å²) in [6.45, 7) is 4.34. The Morgan fingerprint density at radius 3 is 2.71 bits per heavy atom. The molecule has 40 valence electrons. The molecule has 1 heteroatoms. The van der Waals surface area contributed by atoms with Crippen molar-refractivity contribution in [1.29, 1.82) is 0 Å². The maximum atomic E-state index is 3.21. The number of hydrogen-bond donors (Lipinski definition) is 1. The molecule has 0 radical (unpaired) electrons. The van der Waals surface area contributed by atoms with Crippen molar-refractivity contribution in [1.82, 2.24) is 5.32 Å². The summed E-state index contributed by atoms with van der Waals surface area (Å²) < 4.78 is 0. The Balaban J connectivity index is 2.42. The maximum Gasteiger partial charge on any atom is 0.0265 e. The predicted octanol–water partition coefficient (Wildman–Crippen LogP) is 1.27. The van der Waals surface area contributed by atoms with E-state index in [1.165, 1.54) is 12.0 Å². The first-order valence-electron chi connectivity index (χ1n) is 2.71. The van der Waals surface area contributed by atoms with Gasteiger partial charge in [0.25, 0.3) is 0 Å². The molecule has 1 nitrogen and oxygen atoms in total. The highest BCUT2D eigenvalue weighted by molar-refractivity contribution is 5.05. The zero-order chi connectivity index (χ0) is 5.28. The Kier molecular flexibility index (Phi) is 1.05. The van der Waals surface area contributed by atoms with Crippen LogP contribution in [0.5, 0.6) is 0 Å². The zero-order valence-electron chi connectivity index (χ0n) is 4.86. The second-order valence-electron chi connectivity index (χ2n) is 2.26. The van der Waals surface area contributed by atoms with Crippen LogP contribution < -0.4 is 5.32 Å². The first kappa shape index (κ1) is 4.69. The van der Waals surface area contributed by atoms with Crippen molar-refractivity contribution in [3.05, 3.63) is 11.8 Å². The van der Waals surface area contributed by atoms with Gasteiger partial charge in [-0.2, -0.15) is 0 Å². The molecule has 0 bridgehead atoms. The first-order chi connectivity index (χ1) is 3.29. The molecule has 1 N–H and O–H groups in total. The first-order valence-corrected chi connectivity index (χ1v) is 2.71. The molecule has 0 saturated heterocycles. The normalized spacial score (nSPS) is 29.4. The molecular formula is C6H11N. The Bertz CT molecular complexity index is 94.4. The molecule has 1 rings (SSSR count). The highest BCUT2D eigenvalue weighted by Crippen LogP contribution is 2.08. The van der Waals surface area contributed by atoms with E-state index in [2.05, 4.69) is 25.4 Å². The average molecular weight is 97.2 g/mol. The molecule has 0 aliphatic carbocycles. The molecule has 0 spiro atoms. The lowest BCUT2D eigenvalue weighted by Gasteiger charge is -1.98. The second kappa shape index (κ2) is 1.57. The van der Waals surface area contributed by atoms with Crippen LogP contribution in [0.4, 0.5) is 0 Å². The van der Waals surface area contributed by atoms with Crippen molar-refractivity contribution in [2.75, 3.05) is 0 Å². The van der Waals surface area contributed by atoms with Gasteiger partial charge in [0, 0.05) is 6.04 Å². The minimum Gasteiger partial charge on any atom is -0.388 e. The molecule has 1 atom stereocenters. The van der Waals surface area contributed by atoms with Gasteiger partial charge in [-0.3, -0.25) is 0 Å². The van der Waals surface area contributed by atoms with E-state index in [-0.39, 0.29) is 0 Å². The average Bonchev–Trinajstić information content (AvgIpc) is 1.87. The minimum absolute atomic E-state index is 0.681. The third kappa shape index (κ3) is 0.952. The van der Waals surface area contributed by atoms with E-state index in [1.54, 1.807) is 0 Å². The van der Waals surface area contributed by atoms with Gasteiger partial charge in [0.05, 0.1) is 0 Å². The summed E-state index contributed by atoms with van der Waals surface area (Å²) in [6, 6.07) is 0.681. The van der Waals surface area contributed by atoms with Crippen LogP contribution in [0.15, 0.2) is 11.8 Å². The molecule has 0 aromatic rings. The Morgan fingerprint density at radius 2 is 2.57 bits per heavy atom. The van der Waals surface area contributed by atoms with E-state index in [9.17, 15) is 0 Å². The van der Waals surface area contributed by atoms with Crippen LogP contribution in [0.3, 0.4) is 0 Å². The summed E-state index contributed by atoms with van der Waals surface area (Å²) >= 11 is 0. The molecular weight excluding hydrogens is 86.1 g/mol. The Labute approximate surface area is 44.4 Å². The van der Waals surface area contributed by atoms with Gasteiger partial charge in [-0.1, -0.05) is 5.57 Å². The van der Waals surface area contributed by atoms with E-state index in [1.807, 2.05) is 0 Å². The van der Waals surface area contributed by atoms with Crippen LogP contribution in [0.25, 0.3) is 0 Å². The standard InChI is InChI=1S/C6H11N/c1-5-3-6(2)7-4-5/h4,6-7H,3H2,1-2H3. The largest absolute Gasteiger partial charge is 0.388 e. The molecule has 1 heterocycles. The SMILES string of the molecule is CC1=CNC(C)C1. The van der Waals surface area contributed by atoms with Gasteiger partial charge in [0.2, 0.25) is 0 Å². The monoisotopic (exact) mass is 97.1 g/mol. The lowest BCUT2D eigenvalue weighted by atomic mass is 10.2. The zero-order valence-corrected chi connectivity index (χ0v) is 4.86. The van der Waals surface area contributed by atoms with Gasteiger partial charge in [-0.25, -0.2) is 0 Å². The van der Waals surface area contributed by atoms with Gasteiger partial charge in [0.15, 0.2) is 0 Å². The van der Waals surface area contributed by atoms with E-state index in [0.29, 0.717) is 6.04 Å². The second-order valence-corrected chi connectivity index (χ2v) is 2.26. The molecule has 0 fully saturated rings. The maximum absolute atomic E-state index is 3.21. The van der Waals surface area contributed by atoms with Crippen LogP contribution in [0, 0.1) is 0 Å². The number of hydrogen-bond acceptors (Lipinski definition) is 1. The molecule has 0 saturated carbocycles. The van der Waals surface area contributed by atoms with Crippen molar-refractivity contribution in [3.8, 4) is 0 Å². The minimum atomic E-state index is 0.681. The smallest absolute Gasteiger partial charge is 0.0265 e. The van der Waals surface area contributed by atoms with E-state index in [0.717, 1.165) is 0 Å². The van der Waals surface area contributed by atoms with Crippen molar-refractivity contribution < 1.29 is 0 Å². The Hall–Kier alpha value is -0.460. The van der Waals surface area contributed by atoms with Crippen LogP contribution >= 0.6 is 0 Å². The van der Waals surface area contributed by atoms with Crippen LogP contribution in [0.1, 0.15) is 20.3 Å². The lowest BCUT2D eigenvalue weighted by molar-refractivity contribution is 0.683. The van der Waals surface area contributed by atoms with Gasteiger partial charge < -0.3 is 5.32 Å². The summed E-state index contributed by atoms with van der Waals surface area (Å²) in [5.41, 5.74) is 1.47. The topological polar surface area (TPSA) is 12.0 Å². The van der Waals surface area contributed by atoms with Gasteiger partial charge in [-0.15, -0.1) is 0 Å². The lowest BCUT2D eigenvalue weighted by Crippen LogP contribution is -2.12. The van der Waals surface area contributed by atoms with Crippen molar-refractivity contribution in [2.45, 2.75) is 26.3 Å². The summed E-state index contributed by atoms with van der Waals surface area (Å²) in [7, 11) is 0. The van der Waals surface area contributed by atoms with Crippen LogP contribution in [-0.2, 0) is 0 Å². The molecule has 0 aromatic heterocycles. The molecule has 1 unspecified atom stereocenters. The molecule has 0 aromatic carbocycles. The molecule has 1 aliphatic heterocycles. The third-order valence-corrected chi connectivity index (χ3v) is 1.24. The van der Waals surface area contributed by atoms with Gasteiger partial charge in [0.1, 0.15) is 0 Å². The Morgan fingerprint density at radius 1 is 1.86 bits per heavy atom. The fourth-order valence-electron chi connectivity index (χ4n) is 0.885. The third-order valence-electron chi connectivity index (χ3n) is 1.24. The van der Waals surface area contributed by atoms with E-state index < -0.39 is 0 Å². The fraction of sp³-hybridized carbons (Fsp3) is 0.667. The highest BCUT2D eigenvalue weighted by atomic mass is 14.9. The fourth-order valence-corrected chi connectivity index (χ4v) is 0.885.